The molecule has 0 fully saturated rings. The third-order valence-electron chi connectivity index (χ3n) is 4.23. The van der Waals surface area contributed by atoms with Gasteiger partial charge >= 0.3 is 0 Å². The van der Waals surface area contributed by atoms with E-state index in [9.17, 15) is 9.90 Å². The second kappa shape index (κ2) is 8.70. The Hall–Kier alpha value is -2.83. The minimum atomic E-state index is -0.284. The van der Waals surface area contributed by atoms with Crippen molar-refractivity contribution in [2.75, 3.05) is 12.0 Å². The highest BCUT2D eigenvalue weighted by Gasteiger charge is 2.16. The second-order valence-electron chi connectivity index (χ2n) is 7.09. The van der Waals surface area contributed by atoms with Gasteiger partial charge in [0.05, 0.1) is 13.3 Å². The summed E-state index contributed by atoms with van der Waals surface area (Å²) in [6.45, 7) is 9.62. The Kier molecular flexibility index (Phi) is 6.60. The van der Waals surface area contributed by atoms with E-state index in [1.165, 1.54) is 0 Å². The first kappa shape index (κ1) is 20.5. The van der Waals surface area contributed by atoms with E-state index < -0.39 is 0 Å². The van der Waals surface area contributed by atoms with Crippen LogP contribution in [-0.4, -0.2) is 30.2 Å². The van der Waals surface area contributed by atoms with Gasteiger partial charge in [-0.3, -0.25) is 9.79 Å². The molecule has 1 amide bonds. The maximum absolute atomic E-state index is 12.6. The molecule has 0 heterocycles. The molecule has 0 unspecified atom stereocenters. The number of amides is 1. The molecular formula is C21H26N4O2. The van der Waals surface area contributed by atoms with Crippen LogP contribution in [0.3, 0.4) is 0 Å². The third-order valence-corrected chi connectivity index (χ3v) is 4.23. The van der Waals surface area contributed by atoms with E-state index >= 15 is 0 Å². The fourth-order valence-electron chi connectivity index (χ4n) is 2.71. The van der Waals surface area contributed by atoms with Crippen molar-refractivity contribution < 1.29 is 9.90 Å². The standard InChI is InChI=1S/C21H26N4O2/c1-21(2,3)15-10-8-14(9-11-15)20(27)25-18-7-5-6-16(17(18)12-26)19(23-4)24-13-22/h5-11,26H,4,12-13,22H2,1-3H3,(H,25,27)/b24-19-. The number of rotatable bonds is 5. The van der Waals surface area contributed by atoms with Gasteiger partial charge in [-0.2, -0.15) is 0 Å². The summed E-state index contributed by atoms with van der Waals surface area (Å²) in [5.74, 6) is 0.0679. The lowest BCUT2D eigenvalue weighted by Crippen LogP contribution is -2.16. The molecule has 0 bridgehead atoms. The SMILES string of the molecule is C=N/C(=N\CN)c1cccc(NC(=O)c2ccc(C(C)(C)C)cc2)c1CO. The smallest absolute Gasteiger partial charge is 0.255 e. The summed E-state index contributed by atoms with van der Waals surface area (Å²) in [6.07, 6.45) is 0. The zero-order valence-electron chi connectivity index (χ0n) is 16.0. The molecule has 6 nitrogen and oxygen atoms in total. The van der Waals surface area contributed by atoms with Crippen LogP contribution in [0.5, 0.6) is 0 Å². The van der Waals surface area contributed by atoms with Gasteiger partial charge in [-0.05, 0) is 35.9 Å². The molecule has 0 radical (unpaired) electrons. The number of carbonyl (C=O) groups is 1. The van der Waals surface area contributed by atoms with E-state index in [2.05, 4.69) is 42.8 Å². The molecule has 0 saturated carbocycles. The average molecular weight is 366 g/mol. The molecule has 4 N–H and O–H groups in total. The molecule has 0 aromatic heterocycles. The van der Waals surface area contributed by atoms with Gasteiger partial charge in [-0.25, -0.2) is 4.99 Å². The highest BCUT2D eigenvalue weighted by atomic mass is 16.3. The van der Waals surface area contributed by atoms with Crippen LogP contribution in [-0.2, 0) is 12.0 Å². The third kappa shape index (κ3) is 4.87. The number of anilines is 1. The predicted octanol–water partition coefficient (Wildman–Crippen LogP) is 3.09. The Morgan fingerprint density at radius 3 is 2.37 bits per heavy atom. The van der Waals surface area contributed by atoms with Crippen LogP contribution in [0.1, 0.15) is 47.8 Å². The highest BCUT2D eigenvalue weighted by Crippen LogP contribution is 2.24. The van der Waals surface area contributed by atoms with Gasteiger partial charge in [0.2, 0.25) is 0 Å². The minimum absolute atomic E-state index is 0.0177. The number of hydrogen-bond acceptors (Lipinski definition) is 4. The number of benzene rings is 2. The normalized spacial score (nSPS) is 12.0. The van der Waals surface area contributed by atoms with Crippen LogP contribution in [0.25, 0.3) is 0 Å². The maximum Gasteiger partial charge on any atom is 0.255 e. The van der Waals surface area contributed by atoms with Gasteiger partial charge in [0.1, 0.15) is 0 Å². The first-order valence-corrected chi connectivity index (χ1v) is 8.68. The molecule has 0 atom stereocenters. The minimum Gasteiger partial charge on any atom is -0.392 e. The van der Waals surface area contributed by atoms with Crippen molar-refractivity contribution in [1.82, 2.24) is 0 Å². The average Bonchev–Trinajstić information content (AvgIpc) is 2.65. The Bertz CT molecular complexity index is 849. The number of aliphatic hydroxyl groups is 1. The number of aliphatic hydroxyl groups excluding tert-OH is 1. The van der Waals surface area contributed by atoms with Crippen molar-refractivity contribution in [3.05, 3.63) is 64.7 Å². The summed E-state index contributed by atoms with van der Waals surface area (Å²) < 4.78 is 0. The van der Waals surface area contributed by atoms with Gasteiger partial charge in [-0.1, -0.05) is 45.0 Å². The topological polar surface area (TPSA) is 100 Å². The van der Waals surface area contributed by atoms with E-state index in [4.69, 9.17) is 5.73 Å². The summed E-state index contributed by atoms with van der Waals surface area (Å²) in [5.41, 5.74) is 8.76. The van der Waals surface area contributed by atoms with Gasteiger partial charge in [-0.15, -0.1) is 0 Å². The van der Waals surface area contributed by atoms with Gasteiger partial charge < -0.3 is 16.2 Å². The quantitative estimate of drug-likeness (QED) is 0.560. The molecule has 2 aromatic carbocycles. The Labute approximate surface area is 159 Å². The van der Waals surface area contributed by atoms with Crippen molar-refractivity contribution in [3.8, 4) is 0 Å². The van der Waals surface area contributed by atoms with Crippen molar-refractivity contribution in [3.63, 3.8) is 0 Å². The molecule has 0 aliphatic rings. The Morgan fingerprint density at radius 1 is 1.19 bits per heavy atom. The molecule has 0 aliphatic heterocycles. The molecule has 2 rings (SSSR count). The van der Waals surface area contributed by atoms with E-state index in [1.54, 1.807) is 30.3 Å². The summed E-state index contributed by atoms with van der Waals surface area (Å²) in [4.78, 5) is 20.6. The number of amidine groups is 1. The lowest BCUT2D eigenvalue weighted by molar-refractivity contribution is 0.102. The lowest BCUT2D eigenvalue weighted by Gasteiger charge is -2.19. The molecule has 142 valence electrons. The van der Waals surface area contributed by atoms with Crippen molar-refractivity contribution in [2.45, 2.75) is 32.8 Å². The number of nitrogens with one attached hydrogen (secondary N) is 1. The zero-order valence-corrected chi connectivity index (χ0v) is 16.0. The first-order valence-electron chi connectivity index (χ1n) is 8.68. The fourth-order valence-corrected chi connectivity index (χ4v) is 2.71. The van der Waals surface area contributed by atoms with E-state index in [0.717, 1.165) is 5.56 Å². The molecule has 0 spiro atoms. The monoisotopic (exact) mass is 366 g/mol. The summed E-state index contributed by atoms with van der Waals surface area (Å²) in [7, 11) is 0. The van der Waals surface area contributed by atoms with Gasteiger partial charge in [0.25, 0.3) is 5.91 Å². The van der Waals surface area contributed by atoms with Crippen molar-refractivity contribution >= 4 is 24.1 Å². The number of aliphatic imine (C=N–C) groups is 2. The van der Waals surface area contributed by atoms with Crippen LogP contribution < -0.4 is 11.1 Å². The molecule has 0 aliphatic carbocycles. The molecular weight excluding hydrogens is 340 g/mol. The summed E-state index contributed by atoms with van der Waals surface area (Å²) in [5, 5.41) is 12.7. The van der Waals surface area contributed by atoms with Crippen LogP contribution >= 0.6 is 0 Å². The van der Waals surface area contributed by atoms with E-state index in [0.29, 0.717) is 28.2 Å². The maximum atomic E-state index is 12.6. The Balaban J connectivity index is 2.33. The number of hydrogen-bond donors (Lipinski definition) is 3. The van der Waals surface area contributed by atoms with Crippen LogP contribution in [0, 0.1) is 0 Å². The Morgan fingerprint density at radius 2 is 1.85 bits per heavy atom. The predicted molar refractivity (Wildman–Crippen MR) is 111 cm³/mol. The largest absolute Gasteiger partial charge is 0.392 e. The molecule has 0 saturated heterocycles. The van der Waals surface area contributed by atoms with Crippen molar-refractivity contribution in [1.29, 1.82) is 0 Å². The molecule has 2 aromatic rings. The van der Waals surface area contributed by atoms with Crippen LogP contribution in [0.15, 0.2) is 52.4 Å². The van der Waals surface area contributed by atoms with Crippen molar-refractivity contribution in [2.24, 2.45) is 15.7 Å². The summed E-state index contributed by atoms with van der Waals surface area (Å²) in [6, 6.07) is 12.7. The number of carbonyl (C=O) groups excluding carboxylic acids is 1. The fraction of sp³-hybridized carbons (Fsp3) is 0.286. The first-order chi connectivity index (χ1) is 12.8. The number of nitrogens with two attached hydrogens (primary N) is 1. The van der Waals surface area contributed by atoms with Gasteiger partial charge in [0.15, 0.2) is 5.84 Å². The van der Waals surface area contributed by atoms with E-state index in [1.807, 2.05) is 12.1 Å². The number of nitrogens with zero attached hydrogens (tertiary/aromatic N) is 2. The van der Waals surface area contributed by atoms with E-state index in [-0.39, 0.29) is 24.6 Å². The lowest BCUT2D eigenvalue weighted by atomic mass is 9.86. The van der Waals surface area contributed by atoms with Crippen LogP contribution in [0.4, 0.5) is 5.69 Å². The summed E-state index contributed by atoms with van der Waals surface area (Å²) >= 11 is 0. The van der Waals surface area contributed by atoms with Crippen LogP contribution in [0.2, 0.25) is 0 Å². The molecule has 6 heteroatoms. The molecule has 27 heavy (non-hydrogen) atoms. The zero-order chi connectivity index (χ0) is 20.0. The second-order valence-corrected chi connectivity index (χ2v) is 7.09. The van der Waals surface area contributed by atoms with Gasteiger partial charge in [0, 0.05) is 22.4 Å². The highest BCUT2D eigenvalue weighted by molar-refractivity contribution is 6.07.